The molecule has 5 heteroatoms. The summed E-state index contributed by atoms with van der Waals surface area (Å²) in [5.74, 6) is 1.34. The Morgan fingerprint density at radius 3 is 2.87 bits per heavy atom. The lowest BCUT2D eigenvalue weighted by molar-refractivity contribution is 0.183. The fourth-order valence-corrected chi connectivity index (χ4v) is 1.10. The predicted octanol–water partition coefficient (Wildman–Crippen LogP) is 1.01. The Kier molecular flexibility index (Phi) is 4.30. The Morgan fingerprint density at radius 2 is 2.27 bits per heavy atom. The van der Waals surface area contributed by atoms with E-state index in [1.54, 1.807) is 13.2 Å². The lowest BCUT2D eigenvalue weighted by Crippen LogP contribution is -2.19. The van der Waals surface area contributed by atoms with Crippen LogP contribution >= 0.6 is 0 Å². The molecule has 0 aliphatic rings. The van der Waals surface area contributed by atoms with Crippen molar-refractivity contribution in [2.45, 2.75) is 26.4 Å². The highest BCUT2D eigenvalue weighted by Crippen LogP contribution is 2.12. The zero-order valence-electron chi connectivity index (χ0n) is 9.41. The van der Waals surface area contributed by atoms with Crippen molar-refractivity contribution in [2.24, 2.45) is 0 Å². The van der Waals surface area contributed by atoms with E-state index in [4.69, 9.17) is 0 Å². The number of hydrogen-bond acceptors (Lipinski definition) is 5. The lowest BCUT2D eigenvalue weighted by Gasteiger charge is -2.12. The molecule has 0 bridgehead atoms. The highest BCUT2D eigenvalue weighted by atomic mass is 16.3. The Labute approximate surface area is 90.0 Å². The molecule has 0 amide bonds. The van der Waals surface area contributed by atoms with E-state index in [2.05, 4.69) is 20.6 Å². The Bertz CT molecular complexity index is 316. The molecule has 0 aromatic carbocycles. The molecule has 0 radical (unpaired) electrons. The monoisotopic (exact) mass is 210 g/mol. The maximum Gasteiger partial charge on any atom is 0.224 e. The molecule has 1 unspecified atom stereocenters. The number of aromatic nitrogens is 2. The van der Waals surface area contributed by atoms with Crippen molar-refractivity contribution >= 4 is 11.8 Å². The molecule has 1 aromatic rings. The van der Waals surface area contributed by atoms with E-state index < -0.39 is 0 Å². The van der Waals surface area contributed by atoms with Crippen LogP contribution in [0.15, 0.2) is 6.20 Å². The third-order valence-electron chi connectivity index (χ3n) is 2.17. The maximum atomic E-state index is 9.42. The highest BCUT2D eigenvalue weighted by Gasteiger charge is 2.05. The SMILES string of the molecule is CCC(O)CNc1nc(NC)ncc1C. The molecule has 5 nitrogen and oxygen atoms in total. The van der Waals surface area contributed by atoms with Gasteiger partial charge in [0.25, 0.3) is 0 Å². The first-order valence-corrected chi connectivity index (χ1v) is 5.10. The minimum atomic E-state index is -0.336. The van der Waals surface area contributed by atoms with Crippen LogP contribution in [0.3, 0.4) is 0 Å². The lowest BCUT2D eigenvalue weighted by atomic mass is 10.2. The van der Waals surface area contributed by atoms with Crippen molar-refractivity contribution in [1.29, 1.82) is 0 Å². The van der Waals surface area contributed by atoms with Gasteiger partial charge in [-0.1, -0.05) is 6.92 Å². The van der Waals surface area contributed by atoms with Gasteiger partial charge in [0.15, 0.2) is 0 Å². The van der Waals surface area contributed by atoms with Crippen LogP contribution < -0.4 is 10.6 Å². The van der Waals surface area contributed by atoms with E-state index >= 15 is 0 Å². The summed E-state index contributed by atoms with van der Waals surface area (Å²) in [5, 5.41) is 15.4. The molecular formula is C10H18N4O. The smallest absolute Gasteiger partial charge is 0.224 e. The molecular weight excluding hydrogens is 192 g/mol. The van der Waals surface area contributed by atoms with Crippen LogP contribution in [0, 0.1) is 6.92 Å². The van der Waals surface area contributed by atoms with Gasteiger partial charge in [0.1, 0.15) is 5.82 Å². The van der Waals surface area contributed by atoms with Crippen molar-refractivity contribution in [3.63, 3.8) is 0 Å². The average molecular weight is 210 g/mol. The van der Waals surface area contributed by atoms with Gasteiger partial charge in [-0.05, 0) is 13.3 Å². The third kappa shape index (κ3) is 3.36. The fraction of sp³-hybridized carbons (Fsp3) is 0.600. The molecule has 0 saturated carbocycles. The second-order valence-corrected chi connectivity index (χ2v) is 3.42. The quantitative estimate of drug-likeness (QED) is 0.676. The molecule has 0 aliphatic heterocycles. The van der Waals surface area contributed by atoms with E-state index in [0.29, 0.717) is 12.5 Å². The Hall–Kier alpha value is -1.36. The van der Waals surface area contributed by atoms with Crippen LogP contribution in [0.25, 0.3) is 0 Å². The molecule has 0 aliphatic carbocycles. The summed E-state index contributed by atoms with van der Waals surface area (Å²) in [6.45, 7) is 4.38. The zero-order valence-corrected chi connectivity index (χ0v) is 9.41. The Morgan fingerprint density at radius 1 is 1.53 bits per heavy atom. The largest absolute Gasteiger partial charge is 0.391 e. The molecule has 3 N–H and O–H groups in total. The van der Waals surface area contributed by atoms with Crippen LogP contribution in [0.1, 0.15) is 18.9 Å². The first-order chi connectivity index (χ1) is 7.17. The topological polar surface area (TPSA) is 70.1 Å². The molecule has 84 valence electrons. The standard InChI is InChI=1S/C10H18N4O/c1-4-8(15)6-12-9-7(2)5-13-10(11-3)14-9/h5,8,15H,4,6H2,1-3H3,(H2,11,12,13,14). The third-order valence-corrected chi connectivity index (χ3v) is 2.17. The number of nitrogens with zero attached hydrogens (tertiary/aromatic N) is 2. The summed E-state index contributed by atoms with van der Waals surface area (Å²) in [5.41, 5.74) is 0.970. The summed E-state index contributed by atoms with van der Waals surface area (Å²) in [6.07, 6.45) is 2.15. The minimum absolute atomic E-state index is 0.336. The molecule has 0 spiro atoms. The van der Waals surface area contributed by atoms with Gasteiger partial charge in [0.2, 0.25) is 5.95 Å². The average Bonchev–Trinajstić information content (AvgIpc) is 2.27. The molecule has 0 fully saturated rings. The van der Waals surface area contributed by atoms with E-state index in [1.165, 1.54) is 0 Å². The minimum Gasteiger partial charge on any atom is -0.391 e. The van der Waals surface area contributed by atoms with Crippen molar-refractivity contribution < 1.29 is 5.11 Å². The second kappa shape index (κ2) is 5.50. The number of nitrogens with one attached hydrogen (secondary N) is 2. The van der Waals surface area contributed by atoms with Gasteiger partial charge >= 0.3 is 0 Å². The van der Waals surface area contributed by atoms with Gasteiger partial charge in [-0.3, -0.25) is 0 Å². The summed E-state index contributed by atoms with van der Waals surface area (Å²) >= 11 is 0. The molecule has 1 rings (SSSR count). The molecule has 0 saturated heterocycles. The summed E-state index contributed by atoms with van der Waals surface area (Å²) in [7, 11) is 1.77. The van der Waals surface area contributed by atoms with Crippen molar-refractivity contribution in [3.8, 4) is 0 Å². The second-order valence-electron chi connectivity index (χ2n) is 3.42. The van der Waals surface area contributed by atoms with Crippen LogP contribution in [0.5, 0.6) is 0 Å². The van der Waals surface area contributed by atoms with E-state index in [0.717, 1.165) is 17.8 Å². The number of aliphatic hydroxyl groups excluding tert-OH is 1. The van der Waals surface area contributed by atoms with Gasteiger partial charge in [0, 0.05) is 25.4 Å². The fourth-order valence-electron chi connectivity index (χ4n) is 1.10. The van der Waals surface area contributed by atoms with E-state index in [-0.39, 0.29) is 6.10 Å². The summed E-state index contributed by atoms with van der Waals surface area (Å²) in [4.78, 5) is 8.33. The summed E-state index contributed by atoms with van der Waals surface area (Å²) < 4.78 is 0. The van der Waals surface area contributed by atoms with E-state index in [1.807, 2.05) is 13.8 Å². The predicted molar refractivity (Wildman–Crippen MR) is 61.1 cm³/mol. The number of aryl methyl sites for hydroxylation is 1. The molecule has 1 aromatic heterocycles. The first kappa shape index (κ1) is 11.7. The number of aliphatic hydroxyl groups is 1. The van der Waals surface area contributed by atoms with Crippen LogP contribution in [0.4, 0.5) is 11.8 Å². The maximum absolute atomic E-state index is 9.42. The van der Waals surface area contributed by atoms with Crippen LogP contribution in [-0.4, -0.2) is 34.8 Å². The van der Waals surface area contributed by atoms with Crippen molar-refractivity contribution in [3.05, 3.63) is 11.8 Å². The van der Waals surface area contributed by atoms with Crippen LogP contribution in [0.2, 0.25) is 0 Å². The van der Waals surface area contributed by atoms with Gasteiger partial charge in [0.05, 0.1) is 6.10 Å². The highest BCUT2D eigenvalue weighted by molar-refractivity contribution is 5.46. The summed E-state index contributed by atoms with van der Waals surface area (Å²) in [6, 6.07) is 0. The van der Waals surface area contributed by atoms with Crippen molar-refractivity contribution in [1.82, 2.24) is 9.97 Å². The number of hydrogen-bond donors (Lipinski definition) is 3. The van der Waals surface area contributed by atoms with Crippen LogP contribution in [-0.2, 0) is 0 Å². The zero-order chi connectivity index (χ0) is 11.3. The normalized spacial score (nSPS) is 12.3. The van der Waals surface area contributed by atoms with Gasteiger partial charge in [-0.2, -0.15) is 4.98 Å². The number of anilines is 2. The molecule has 1 atom stereocenters. The Balaban J connectivity index is 2.66. The van der Waals surface area contributed by atoms with Gasteiger partial charge < -0.3 is 15.7 Å². The molecule has 1 heterocycles. The van der Waals surface area contributed by atoms with Gasteiger partial charge in [-0.15, -0.1) is 0 Å². The number of rotatable bonds is 5. The molecule has 15 heavy (non-hydrogen) atoms. The van der Waals surface area contributed by atoms with E-state index in [9.17, 15) is 5.11 Å². The van der Waals surface area contributed by atoms with Crippen molar-refractivity contribution in [2.75, 3.05) is 24.2 Å². The van der Waals surface area contributed by atoms with Gasteiger partial charge in [-0.25, -0.2) is 4.98 Å². The first-order valence-electron chi connectivity index (χ1n) is 5.10.